The molecule has 4 aromatic rings. The van der Waals surface area contributed by atoms with Gasteiger partial charge in [0.2, 0.25) is 5.88 Å². The number of methoxy groups -OCH3 is 1. The van der Waals surface area contributed by atoms with Gasteiger partial charge in [-0.25, -0.2) is 8.42 Å². The molecular formula is C24H26ClN5O5S. The Morgan fingerprint density at radius 1 is 1.17 bits per heavy atom. The highest BCUT2D eigenvalue weighted by Gasteiger charge is 2.18. The normalized spacial score (nSPS) is 12.4. The van der Waals surface area contributed by atoms with E-state index in [4.69, 9.17) is 26.8 Å². The van der Waals surface area contributed by atoms with Crippen LogP contribution in [0.3, 0.4) is 0 Å². The predicted molar refractivity (Wildman–Crippen MR) is 139 cm³/mol. The summed E-state index contributed by atoms with van der Waals surface area (Å²) in [5, 5.41) is 21.7. The van der Waals surface area contributed by atoms with Gasteiger partial charge in [0.25, 0.3) is 10.0 Å². The Morgan fingerprint density at radius 3 is 2.78 bits per heavy atom. The number of rotatable bonds is 11. The van der Waals surface area contributed by atoms with Gasteiger partial charge in [0.15, 0.2) is 0 Å². The minimum atomic E-state index is -3.91. The van der Waals surface area contributed by atoms with Crippen molar-refractivity contribution in [2.45, 2.75) is 11.0 Å². The summed E-state index contributed by atoms with van der Waals surface area (Å²) in [6.07, 6.45) is -0.897. The van der Waals surface area contributed by atoms with E-state index >= 15 is 0 Å². The number of anilines is 2. The third-order valence-electron chi connectivity index (χ3n) is 5.37. The van der Waals surface area contributed by atoms with Gasteiger partial charge >= 0.3 is 0 Å². The number of H-pyrrole nitrogens is 1. The highest BCUT2D eigenvalue weighted by Crippen LogP contribution is 2.29. The van der Waals surface area contributed by atoms with Crippen molar-refractivity contribution in [1.29, 1.82) is 0 Å². The van der Waals surface area contributed by atoms with E-state index in [1.54, 1.807) is 25.3 Å². The van der Waals surface area contributed by atoms with Crippen molar-refractivity contribution in [2.75, 3.05) is 37.3 Å². The van der Waals surface area contributed by atoms with Gasteiger partial charge in [-0.05, 0) is 48.0 Å². The standard InChI is InChI=1S/C24H26ClN5O5S/c1-34-24-19-7-6-17(13-21(19)28-29-24)35-10-9-27-14-23(31)15-5-8-20(25)22(11-15)30-36(32,33)18-4-2-3-16(26)12-18/h2-8,11-13,23,27,30-31H,9-10,14,26H2,1H3,(H,28,29). The number of nitrogens with zero attached hydrogens (tertiary/aromatic N) is 1. The molecule has 0 spiro atoms. The van der Waals surface area contributed by atoms with Crippen LogP contribution in [0.2, 0.25) is 5.02 Å². The Morgan fingerprint density at radius 2 is 2.00 bits per heavy atom. The molecule has 12 heteroatoms. The molecule has 0 aliphatic rings. The number of hydrogen-bond acceptors (Lipinski definition) is 8. The van der Waals surface area contributed by atoms with Gasteiger partial charge < -0.3 is 25.6 Å². The van der Waals surface area contributed by atoms with E-state index in [0.717, 1.165) is 10.9 Å². The lowest BCUT2D eigenvalue weighted by Gasteiger charge is -2.16. The molecule has 6 N–H and O–H groups in total. The molecule has 0 saturated carbocycles. The Kier molecular flexibility index (Phi) is 7.85. The summed E-state index contributed by atoms with van der Waals surface area (Å²) in [5.74, 6) is 1.20. The zero-order chi connectivity index (χ0) is 25.7. The topological polar surface area (TPSA) is 152 Å². The molecular weight excluding hydrogens is 506 g/mol. The van der Waals surface area contributed by atoms with E-state index in [1.165, 1.54) is 24.3 Å². The molecule has 0 fully saturated rings. The number of aliphatic hydroxyl groups excluding tert-OH is 1. The molecule has 0 aliphatic heterocycles. The molecule has 10 nitrogen and oxygen atoms in total. The molecule has 3 aromatic carbocycles. The van der Waals surface area contributed by atoms with Crippen LogP contribution in [0.4, 0.5) is 11.4 Å². The first-order valence-electron chi connectivity index (χ1n) is 11.0. The maximum Gasteiger partial charge on any atom is 0.262 e. The number of ether oxygens (including phenoxy) is 2. The number of aromatic nitrogens is 2. The average molecular weight is 532 g/mol. The van der Waals surface area contributed by atoms with E-state index in [1.807, 2.05) is 18.2 Å². The first-order valence-corrected chi connectivity index (χ1v) is 12.8. The molecule has 1 unspecified atom stereocenters. The molecule has 36 heavy (non-hydrogen) atoms. The Bertz CT molecular complexity index is 1460. The van der Waals surface area contributed by atoms with Gasteiger partial charge in [-0.3, -0.25) is 9.82 Å². The van der Waals surface area contributed by atoms with Crippen molar-refractivity contribution < 1.29 is 23.0 Å². The van der Waals surface area contributed by atoms with E-state index < -0.39 is 16.1 Å². The molecule has 0 saturated heterocycles. The number of nitrogen functional groups attached to an aromatic ring is 1. The van der Waals surface area contributed by atoms with Crippen LogP contribution in [0.25, 0.3) is 10.9 Å². The molecule has 1 atom stereocenters. The number of halogens is 1. The van der Waals surface area contributed by atoms with Gasteiger partial charge in [0.05, 0.1) is 39.7 Å². The molecule has 0 amide bonds. The molecule has 1 heterocycles. The predicted octanol–water partition coefficient (Wildman–Crippen LogP) is 3.31. The van der Waals surface area contributed by atoms with Gasteiger partial charge in [-0.1, -0.05) is 23.7 Å². The van der Waals surface area contributed by atoms with Crippen molar-refractivity contribution in [3.05, 3.63) is 71.2 Å². The molecule has 4 rings (SSSR count). The third kappa shape index (κ3) is 6.00. The van der Waals surface area contributed by atoms with Crippen LogP contribution in [0.1, 0.15) is 11.7 Å². The van der Waals surface area contributed by atoms with Crippen LogP contribution in [-0.4, -0.2) is 50.5 Å². The zero-order valence-electron chi connectivity index (χ0n) is 19.4. The van der Waals surface area contributed by atoms with E-state index in [2.05, 4.69) is 20.2 Å². The van der Waals surface area contributed by atoms with Crippen LogP contribution in [0, 0.1) is 0 Å². The van der Waals surface area contributed by atoms with Crippen LogP contribution in [0.15, 0.2) is 65.6 Å². The molecule has 0 bridgehead atoms. The van der Waals surface area contributed by atoms with Crippen molar-refractivity contribution in [2.24, 2.45) is 0 Å². The molecule has 190 valence electrons. The van der Waals surface area contributed by atoms with E-state index in [-0.39, 0.29) is 22.2 Å². The summed E-state index contributed by atoms with van der Waals surface area (Å²) in [4.78, 5) is 0.0111. The fourth-order valence-electron chi connectivity index (χ4n) is 3.53. The highest BCUT2D eigenvalue weighted by atomic mass is 35.5. The maximum absolute atomic E-state index is 12.7. The minimum Gasteiger partial charge on any atom is -0.492 e. The summed E-state index contributed by atoms with van der Waals surface area (Å²) >= 11 is 6.20. The lowest BCUT2D eigenvalue weighted by molar-refractivity contribution is 0.172. The number of nitrogens with two attached hydrogens (primary N) is 1. The molecule has 0 aliphatic carbocycles. The first kappa shape index (κ1) is 25.6. The fraction of sp³-hybridized carbons (Fsp3) is 0.208. The minimum absolute atomic E-state index is 0.0111. The number of sulfonamides is 1. The van der Waals surface area contributed by atoms with Crippen LogP contribution < -0.4 is 25.2 Å². The van der Waals surface area contributed by atoms with Crippen LogP contribution in [-0.2, 0) is 10.0 Å². The SMILES string of the molecule is COc1n[nH]c2cc(OCCNCC(O)c3ccc(Cl)c(NS(=O)(=O)c4cccc(N)c4)c3)ccc12. The van der Waals surface area contributed by atoms with Crippen LogP contribution in [0.5, 0.6) is 11.6 Å². The smallest absolute Gasteiger partial charge is 0.262 e. The third-order valence-corrected chi connectivity index (χ3v) is 7.06. The van der Waals surface area contributed by atoms with E-state index in [9.17, 15) is 13.5 Å². The number of aromatic amines is 1. The summed E-state index contributed by atoms with van der Waals surface area (Å²) < 4.78 is 38.8. The Labute approximate surface area is 213 Å². The second-order valence-corrected chi connectivity index (χ2v) is 10.0. The van der Waals surface area contributed by atoms with Gasteiger partial charge in [0.1, 0.15) is 12.4 Å². The highest BCUT2D eigenvalue weighted by molar-refractivity contribution is 7.92. The van der Waals surface area contributed by atoms with E-state index in [0.29, 0.717) is 36.0 Å². The van der Waals surface area contributed by atoms with Crippen molar-refractivity contribution in [3.63, 3.8) is 0 Å². The van der Waals surface area contributed by atoms with Crippen molar-refractivity contribution in [3.8, 4) is 11.6 Å². The lowest BCUT2D eigenvalue weighted by atomic mass is 10.1. The number of fused-ring (bicyclic) bond motifs is 1. The maximum atomic E-state index is 12.7. The quantitative estimate of drug-likeness (QED) is 0.146. The zero-order valence-corrected chi connectivity index (χ0v) is 20.9. The van der Waals surface area contributed by atoms with Gasteiger partial charge in [-0.15, -0.1) is 5.10 Å². The number of aliphatic hydroxyl groups is 1. The number of benzene rings is 3. The second kappa shape index (κ2) is 11.0. The largest absolute Gasteiger partial charge is 0.492 e. The van der Waals surface area contributed by atoms with Crippen molar-refractivity contribution in [1.82, 2.24) is 15.5 Å². The lowest BCUT2D eigenvalue weighted by Crippen LogP contribution is -2.26. The first-order chi connectivity index (χ1) is 17.3. The average Bonchev–Trinajstić information content (AvgIpc) is 3.27. The molecule has 1 aromatic heterocycles. The Hall–Kier alpha value is -3.51. The summed E-state index contributed by atoms with van der Waals surface area (Å²) in [6.45, 7) is 1.07. The molecule has 0 radical (unpaired) electrons. The monoisotopic (exact) mass is 531 g/mol. The second-order valence-electron chi connectivity index (χ2n) is 7.93. The fourth-order valence-corrected chi connectivity index (χ4v) is 4.88. The van der Waals surface area contributed by atoms with Gasteiger partial charge in [-0.2, -0.15) is 0 Å². The van der Waals surface area contributed by atoms with Crippen LogP contribution >= 0.6 is 11.6 Å². The summed E-state index contributed by atoms with van der Waals surface area (Å²) in [6, 6.07) is 16.1. The van der Waals surface area contributed by atoms with Gasteiger partial charge in [0, 0.05) is 24.8 Å². The number of nitrogens with one attached hydrogen (secondary N) is 3. The number of hydrogen-bond donors (Lipinski definition) is 5. The Balaban J connectivity index is 1.30. The summed E-state index contributed by atoms with van der Waals surface area (Å²) in [5.41, 5.74) is 7.48. The summed E-state index contributed by atoms with van der Waals surface area (Å²) in [7, 11) is -2.35. The van der Waals surface area contributed by atoms with Crippen molar-refractivity contribution >= 4 is 43.9 Å².